The minimum atomic E-state index is 0.229. The number of hydrogen-bond acceptors (Lipinski definition) is 3. The van der Waals surface area contributed by atoms with Gasteiger partial charge in [-0.25, -0.2) is 0 Å². The van der Waals surface area contributed by atoms with E-state index >= 15 is 0 Å². The van der Waals surface area contributed by atoms with Gasteiger partial charge in [0.05, 0.1) is 17.6 Å². The number of hydrogen-bond donors (Lipinski definition) is 1. The van der Waals surface area contributed by atoms with Gasteiger partial charge in [0, 0.05) is 4.88 Å². The maximum absolute atomic E-state index is 5.26. The highest BCUT2D eigenvalue weighted by atomic mass is 79.9. The number of benzene rings is 1. The number of ether oxygens (including phenoxy) is 1. The minimum Gasteiger partial charge on any atom is -0.496 e. The maximum Gasteiger partial charge on any atom is 0.133 e. The van der Waals surface area contributed by atoms with Crippen molar-refractivity contribution in [2.24, 2.45) is 0 Å². The van der Waals surface area contributed by atoms with Gasteiger partial charge in [0.25, 0.3) is 0 Å². The van der Waals surface area contributed by atoms with Crippen molar-refractivity contribution in [3.05, 3.63) is 50.1 Å². The zero-order valence-electron chi connectivity index (χ0n) is 10.7. The summed E-state index contributed by atoms with van der Waals surface area (Å²) >= 11 is 5.32. The first-order valence-corrected chi connectivity index (χ1v) is 7.39. The lowest BCUT2D eigenvalue weighted by Crippen LogP contribution is -2.17. The maximum atomic E-state index is 5.26. The SMILES string of the molecule is CNC(c1ccc(OC)c(Br)c1)c1sccc1C. The number of nitrogens with one attached hydrogen (secondary N) is 1. The highest BCUT2D eigenvalue weighted by Crippen LogP contribution is 2.33. The molecule has 1 unspecified atom stereocenters. The smallest absolute Gasteiger partial charge is 0.133 e. The van der Waals surface area contributed by atoms with Crippen LogP contribution in [0.25, 0.3) is 0 Å². The molecule has 18 heavy (non-hydrogen) atoms. The van der Waals surface area contributed by atoms with E-state index in [1.165, 1.54) is 16.0 Å². The van der Waals surface area contributed by atoms with Crippen LogP contribution in [-0.4, -0.2) is 14.2 Å². The standard InChI is InChI=1S/C14H16BrNOS/c1-9-6-7-18-14(9)13(16-2)10-4-5-12(17-3)11(15)8-10/h4-8,13,16H,1-3H3. The summed E-state index contributed by atoms with van der Waals surface area (Å²) in [6, 6.07) is 8.59. The largest absolute Gasteiger partial charge is 0.496 e. The molecule has 0 saturated heterocycles. The van der Waals surface area contributed by atoms with E-state index in [0.717, 1.165) is 10.2 Å². The van der Waals surface area contributed by atoms with Crippen LogP contribution in [0.4, 0.5) is 0 Å². The molecule has 2 nitrogen and oxygen atoms in total. The van der Waals surface area contributed by atoms with Crippen LogP contribution in [0, 0.1) is 6.92 Å². The van der Waals surface area contributed by atoms with Crippen molar-refractivity contribution >= 4 is 27.3 Å². The third-order valence-corrected chi connectivity index (χ3v) is 4.67. The van der Waals surface area contributed by atoms with Crippen LogP contribution in [0.3, 0.4) is 0 Å². The normalized spacial score (nSPS) is 12.4. The van der Waals surface area contributed by atoms with Crippen LogP contribution in [-0.2, 0) is 0 Å². The van der Waals surface area contributed by atoms with Crippen molar-refractivity contribution in [2.75, 3.05) is 14.2 Å². The molecule has 0 bridgehead atoms. The number of halogens is 1. The topological polar surface area (TPSA) is 21.3 Å². The lowest BCUT2D eigenvalue weighted by atomic mass is 10.0. The Morgan fingerprint density at radius 1 is 1.33 bits per heavy atom. The summed E-state index contributed by atoms with van der Waals surface area (Å²) in [6.07, 6.45) is 0. The Morgan fingerprint density at radius 3 is 2.61 bits per heavy atom. The fraction of sp³-hybridized carbons (Fsp3) is 0.286. The molecule has 0 aliphatic rings. The molecule has 4 heteroatoms. The molecular formula is C14H16BrNOS. The van der Waals surface area contributed by atoms with Gasteiger partial charge < -0.3 is 10.1 Å². The second-order valence-corrected chi connectivity index (χ2v) is 5.89. The summed E-state index contributed by atoms with van der Waals surface area (Å²) in [5, 5.41) is 5.51. The molecule has 1 atom stereocenters. The first kappa shape index (κ1) is 13.6. The van der Waals surface area contributed by atoms with Crippen molar-refractivity contribution in [3.8, 4) is 5.75 Å². The van der Waals surface area contributed by atoms with E-state index in [4.69, 9.17) is 4.74 Å². The number of aryl methyl sites for hydroxylation is 1. The second-order valence-electron chi connectivity index (χ2n) is 4.08. The number of rotatable bonds is 4. The highest BCUT2D eigenvalue weighted by Gasteiger charge is 2.16. The fourth-order valence-corrected chi connectivity index (χ4v) is 3.61. The second kappa shape index (κ2) is 5.87. The Morgan fingerprint density at radius 2 is 2.11 bits per heavy atom. The van der Waals surface area contributed by atoms with Gasteiger partial charge in [-0.2, -0.15) is 0 Å². The van der Waals surface area contributed by atoms with Crippen LogP contribution in [0.15, 0.2) is 34.1 Å². The predicted octanol–water partition coefficient (Wildman–Crippen LogP) is 4.14. The molecule has 0 radical (unpaired) electrons. The molecular weight excluding hydrogens is 310 g/mol. The van der Waals surface area contributed by atoms with E-state index in [1.54, 1.807) is 18.4 Å². The Hall–Kier alpha value is -0.840. The van der Waals surface area contributed by atoms with Crippen molar-refractivity contribution < 1.29 is 4.74 Å². The summed E-state index contributed by atoms with van der Waals surface area (Å²) in [6.45, 7) is 2.15. The lowest BCUT2D eigenvalue weighted by molar-refractivity contribution is 0.412. The van der Waals surface area contributed by atoms with Crippen molar-refractivity contribution in [1.29, 1.82) is 0 Å². The predicted molar refractivity (Wildman–Crippen MR) is 80.7 cm³/mol. The average molecular weight is 326 g/mol. The molecule has 1 heterocycles. The van der Waals surface area contributed by atoms with Gasteiger partial charge in [0.2, 0.25) is 0 Å². The van der Waals surface area contributed by atoms with E-state index in [9.17, 15) is 0 Å². The molecule has 96 valence electrons. The summed E-state index contributed by atoms with van der Waals surface area (Å²) in [5.41, 5.74) is 2.56. The summed E-state index contributed by atoms with van der Waals surface area (Å²) in [5.74, 6) is 0.858. The average Bonchev–Trinajstić information content (AvgIpc) is 2.77. The van der Waals surface area contributed by atoms with Crippen molar-refractivity contribution in [1.82, 2.24) is 5.32 Å². The number of thiophene rings is 1. The Bertz CT molecular complexity index is 538. The van der Waals surface area contributed by atoms with Crippen molar-refractivity contribution in [3.63, 3.8) is 0 Å². The first-order chi connectivity index (χ1) is 8.67. The Labute approximate surface area is 120 Å². The molecule has 0 aliphatic carbocycles. The van der Waals surface area contributed by atoms with E-state index in [0.29, 0.717) is 0 Å². The molecule has 1 aromatic heterocycles. The molecule has 2 aromatic rings. The number of methoxy groups -OCH3 is 1. The van der Waals surface area contributed by atoms with Crippen LogP contribution in [0.2, 0.25) is 0 Å². The fourth-order valence-electron chi connectivity index (χ4n) is 1.99. The Balaban J connectivity index is 2.40. The summed E-state index contributed by atoms with van der Waals surface area (Å²) < 4.78 is 6.25. The van der Waals surface area contributed by atoms with Crippen LogP contribution >= 0.6 is 27.3 Å². The lowest BCUT2D eigenvalue weighted by Gasteiger charge is -2.17. The highest BCUT2D eigenvalue weighted by molar-refractivity contribution is 9.10. The van der Waals surface area contributed by atoms with Gasteiger partial charge in [-0.15, -0.1) is 11.3 Å². The molecule has 0 aliphatic heterocycles. The van der Waals surface area contributed by atoms with E-state index in [1.807, 2.05) is 13.1 Å². The van der Waals surface area contributed by atoms with Gasteiger partial charge in [-0.3, -0.25) is 0 Å². The monoisotopic (exact) mass is 325 g/mol. The summed E-state index contributed by atoms with van der Waals surface area (Å²) in [7, 11) is 3.67. The minimum absolute atomic E-state index is 0.229. The van der Waals surface area contributed by atoms with Gasteiger partial charge in [0.1, 0.15) is 5.75 Å². The quantitative estimate of drug-likeness (QED) is 0.912. The zero-order chi connectivity index (χ0) is 13.1. The van der Waals surface area contributed by atoms with Gasteiger partial charge in [0.15, 0.2) is 0 Å². The van der Waals surface area contributed by atoms with E-state index in [2.05, 4.69) is 51.7 Å². The molecule has 0 amide bonds. The molecule has 2 rings (SSSR count). The van der Waals surface area contributed by atoms with Crippen LogP contribution < -0.4 is 10.1 Å². The van der Waals surface area contributed by atoms with E-state index < -0.39 is 0 Å². The molecule has 0 spiro atoms. The van der Waals surface area contributed by atoms with E-state index in [-0.39, 0.29) is 6.04 Å². The molecule has 1 aromatic carbocycles. The van der Waals surface area contributed by atoms with Gasteiger partial charge in [-0.1, -0.05) is 6.07 Å². The molecule has 1 N–H and O–H groups in total. The molecule has 0 saturated carbocycles. The van der Waals surface area contributed by atoms with Gasteiger partial charge >= 0.3 is 0 Å². The molecule has 0 fully saturated rings. The third kappa shape index (κ3) is 2.60. The van der Waals surface area contributed by atoms with Crippen molar-refractivity contribution in [2.45, 2.75) is 13.0 Å². The first-order valence-electron chi connectivity index (χ1n) is 5.72. The van der Waals surface area contributed by atoms with Crippen LogP contribution in [0.5, 0.6) is 5.75 Å². The third-order valence-electron chi connectivity index (χ3n) is 2.96. The zero-order valence-corrected chi connectivity index (χ0v) is 13.1. The Kier molecular flexibility index (Phi) is 4.43. The van der Waals surface area contributed by atoms with Crippen LogP contribution in [0.1, 0.15) is 22.0 Å². The van der Waals surface area contributed by atoms with Gasteiger partial charge in [-0.05, 0) is 64.6 Å². The summed E-state index contributed by atoms with van der Waals surface area (Å²) in [4.78, 5) is 1.36.